The van der Waals surface area contributed by atoms with Crippen LogP contribution < -0.4 is 54.0 Å². The number of carbonyl (C=O) groups is 11. The highest BCUT2D eigenvalue weighted by Gasteiger charge is 2.49. The first-order valence-corrected chi connectivity index (χ1v) is 34.7. The Morgan fingerprint density at radius 2 is 1.24 bits per heavy atom. The van der Waals surface area contributed by atoms with Gasteiger partial charge in [-0.2, -0.15) is 23.5 Å². The summed E-state index contributed by atoms with van der Waals surface area (Å²) in [5.74, 6) is -10.8. The molecule has 8 atom stereocenters. The maximum absolute atomic E-state index is 15.2. The SMILES string of the molecule is C[C@@]12CCCN1C(=O)[C@H](Cc1ccc(O)cc1)NC(=O)[C@@H](Cc1cnc[nH]1)NC(=O)[C@H](CC(=O)O)NC(=O)[C@H](Cc1c[nH]c3ccc(F)cc13)NC(=O)[C@H](Cc1c[nH]c3ccc(F)cc13)NC(=O)CNC(=O)[C@@H](CCCN)NC(=O)CCSCc1cccc(c1)CSC[C@@H](C(N)=O)NC2=O. The van der Waals surface area contributed by atoms with Crippen LogP contribution in [0.5, 0.6) is 5.75 Å². The second-order valence-corrected chi connectivity index (χ2v) is 26.9. The summed E-state index contributed by atoms with van der Waals surface area (Å²) in [7, 11) is 0. The number of thioether (sulfide) groups is 2. The number of nitrogens with one attached hydrogen (secondary N) is 11. The molecule has 28 nitrogen and oxygen atoms in total. The molecule has 7 aromatic rings. The molecule has 3 aromatic heterocycles. The third-order valence-corrected chi connectivity index (χ3v) is 19.4. The molecule has 17 N–H and O–H groups in total. The molecule has 4 aromatic carbocycles. The lowest BCUT2D eigenvalue weighted by molar-refractivity contribution is -0.147. The summed E-state index contributed by atoms with van der Waals surface area (Å²) >= 11 is 2.78. The summed E-state index contributed by atoms with van der Waals surface area (Å²) in [5.41, 5.74) is 14.0. The molecular formula is C68H79F2N15O13S2. The van der Waals surface area contributed by atoms with Gasteiger partial charge < -0.3 is 84.1 Å². The van der Waals surface area contributed by atoms with E-state index in [2.05, 4.69) is 62.5 Å². The number of nitrogens with zero attached hydrogens (tertiary/aromatic N) is 2. The number of phenols is 1. The number of hydrogen-bond donors (Lipinski definition) is 15. The van der Waals surface area contributed by atoms with Crippen molar-refractivity contribution < 1.29 is 71.7 Å². The number of carboxylic acid groups (broad SMARTS) is 1. The number of aromatic amines is 3. The largest absolute Gasteiger partial charge is 0.508 e. The van der Waals surface area contributed by atoms with Gasteiger partial charge >= 0.3 is 5.97 Å². The quantitative estimate of drug-likeness (QED) is 0.0738. The average Bonchev–Trinajstić information content (AvgIpc) is 1.57. The minimum Gasteiger partial charge on any atom is -0.508 e. The van der Waals surface area contributed by atoms with Crippen molar-refractivity contribution in [1.29, 1.82) is 0 Å². The minimum absolute atomic E-state index is 0.000542. The van der Waals surface area contributed by atoms with Crippen molar-refractivity contribution in [3.05, 3.63) is 155 Å². The van der Waals surface area contributed by atoms with Gasteiger partial charge in [-0.3, -0.25) is 52.7 Å². The number of imidazole rings is 1. The molecule has 9 rings (SSSR count). The molecule has 1 saturated heterocycles. The number of carboxylic acids is 1. The van der Waals surface area contributed by atoms with Crippen LogP contribution in [-0.4, -0.2) is 179 Å². The van der Waals surface area contributed by atoms with Crippen LogP contribution in [0.2, 0.25) is 0 Å². The summed E-state index contributed by atoms with van der Waals surface area (Å²) in [6.45, 7) is 0.941. The Balaban J connectivity index is 1.06. The fourth-order valence-electron chi connectivity index (χ4n) is 12.0. The van der Waals surface area contributed by atoms with Crippen molar-refractivity contribution in [2.75, 3.05) is 31.1 Å². The Morgan fingerprint density at radius 1 is 0.660 bits per heavy atom. The van der Waals surface area contributed by atoms with E-state index in [-0.39, 0.29) is 79.8 Å². The van der Waals surface area contributed by atoms with E-state index in [1.807, 2.05) is 24.3 Å². The van der Waals surface area contributed by atoms with Crippen molar-refractivity contribution in [2.45, 2.75) is 130 Å². The molecule has 0 aliphatic carbocycles. The third-order valence-electron chi connectivity index (χ3n) is 17.3. The number of rotatable bonds is 14. The number of aromatic hydroxyl groups is 1. The van der Waals surface area contributed by atoms with Crippen molar-refractivity contribution >= 4 is 110 Å². The summed E-state index contributed by atoms with van der Waals surface area (Å²) in [6.07, 6.45) is 3.73. The Hall–Kier alpha value is -10.3. The number of H-pyrrole nitrogens is 3. The second-order valence-electron chi connectivity index (χ2n) is 24.7. The Morgan fingerprint density at radius 3 is 1.84 bits per heavy atom. The Kier molecular flexibility index (Phi) is 25.4. The standard InChI is InChI=1S/C68H79F2N15O13S2/c1-68-17-4-19-85(68)66(97)55(22-37-8-12-45(86)13-9-37)83-64(95)53(27-44-31-73-36-77-44)81-65(96)54(28-59(89)90)82-63(94)52(24-41-30-75-49-15-11-43(70)26-47(41)49)80-62(93)51(23-40-29-74-48-14-10-42(69)25-46(40)48)79-58(88)32-76-61(92)50(7-3-18-71)78-57(87)16-20-99-33-38-5-2-6-39(21-38)34-100-35-56(60(72)91)84-67(68)98/h2,5-6,8-15,21,25-26,29-31,36,50-56,74-75,86H,3-4,7,16-20,22-24,27-28,32-35,71H2,1H3,(H2,72,91)(H,73,77)(H,76,92)(H,78,87)(H,79,88)(H,80,93)(H,81,96)(H,82,94)(H,83,95)(H,84,98)(H,89,90)/t50-,51+,52+,53-,54+,55+,56+,68+/m1/s1. The number of benzene rings is 4. The van der Waals surface area contributed by atoms with Crippen LogP contribution in [0.15, 0.2) is 110 Å². The highest BCUT2D eigenvalue weighted by atomic mass is 32.2. The van der Waals surface area contributed by atoms with Crippen LogP contribution >= 0.6 is 23.5 Å². The van der Waals surface area contributed by atoms with E-state index in [9.17, 15) is 52.6 Å². The van der Waals surface area contributed by atoms with Gasteiger partial charge in [-0.25, -0.2) is 13.8 Å². The maximum atomic E-state index is 15.2. The van der Waals surface area contributed by atoms with E-state index in [0.29, 0.717) is 57.6 Å². The van der Waals surface area contributed by atoms with E-state index in [0.717, 1.165) is 17.2 Å². The number of hydrogen-bond acceptors (Lipinski definition) is 16. The molecule has 5 heterocycles. The Labute approximate surface area is 580 Å². The van der Waals surface area contributed by atoms with Gasteiger partial charge in [0, 0.05) is 108 Å². The zero-order valence-corrected chi connectivity index (χ0v) is 56.1. The first-order valence-electron chi connectivity index (χ1n) is 32.3. The number of aromatic nitrogens is 4. The molecule has 0 unspecified atom stereocenters. The van der Waals surface area contributed by atoms with E-state index in [1.54, 1.807) is 0 Å². The molecule has 2 bridgehead atoms. The maximum Gasteiger partial charge on any atom is 0.305 e. The summed E-state index contributed by atoms with van der Waals surface area (Å²) in [4.78, 5) is 171. The van der Waals surface area contributed by atoms with E-state index < -0.39 is 144 Å². The van der Waals surface area contributed by atoms with Gasteiger partial charge in [0.1, 0.15) is 65.2 Å². The molecule has 2 aliphatic rings. The fourth-order valence-corrected chi connectivity index (χ4v) is 13.9. The molecule has 0 spiro atoms. The third kappa shape index (κ3) is 19.9. The number of fused-ring (bicyclic) bond motifs is 5. The van der Waals surface area contributed by atoms with Crippen LogP contribution in [0.1, 0.15) is 79.0 Å². The lowest BCUT2D eigenvalue weighted by Crippen LogP contribution is -2.63. The highest BCUT2D eigenvalue weighted by molar-refractivity contribution is 7.98. The topological polar surface area (TPSA) is 440 Å². The van der Waals surface area contributed by atoms with Gasteiger partial charge in [0.2, 0.25) is 59.1 Å². The predicted octanol–water partition coefficient (Wildman–Crippen LogP) is 1.79. The summed E-state index contributed by atoms with van der Waals surface area (Å²) < 4.78 is 29.8. The number of halogens is 2. The van der Waals surface area contributed by atoms with Crippen LogP contribution in [-0.2, 0) is 89.9 Å². The molecule has 1 fully saturated rings. The zero-order chi connectivity index (χ0) is 71.6. The second kappa shape index (κ2) is 34.4. The molecule has 10 amide bonds. The number of amides is 10. The number of aliphatic carboxylic acids is 1. The molecule has 530 valence electrons. The van der Waals surface area contributed by atoms with E-state index in [4.69, 9.17) is 11.5 Å². The van der Waals surface area contributed by atoms with Crippen LogP contribution in [0.25, 0.3) is 21.8 Å². The van der Waals surface area contributed by atoms with Gasteiger partial charge in [-0.1, -0.05) is 36.4 Å². The van der Waals surface area contributed by atoms with Crippen LogP contribution in [0, 0.1) is 11.6 Å². The van der Waals surface area contributed by atoms with E-state index in [1.165, 1.54) is 115 Å². The van der Waals surface area contributed by atoms with E-state index >= 15 is 19.2 Å². The van der Waals surface area contributed by atoms with Crippen LogP contribution in [0.4, 0.5) is 8.78 Å². The highest BCUT2D eigenvalue weighted by Crippen LogP contribution is 2.32. The molecular weight excluding hydrogens is 1340 g/mol. The lowest BCUT2D eigenvalue weighted by atomic mass is 9.95. The van der Waals surface area contributed by atoms with Gasteiger partial charge in [-0.05, 0) is 115 Å². The predicted molar refractivity (Wildman–Crippen MR) is 367 cm³/mol. The fraction of sp³-hybridized carbons (Fsp3) is 0.382. The Bertz CT molecular complexity index is 4140. The van der Waals surface area contributed by atoms with Gasteiger partial charge in [-0.15, -0.1) is 0 Å². The number of nitrogens with two attached hydrogens (primary N) is 2. The zero-order valence-electron chi connectivity index (χ0n) is 54.5. The van der Waals surface area contributed by atoms with Crippen molar-refractivity contribution in [3.8, 4) is 5.75 Å². The van der Waals surface area contributed by atoms with Crippen LogP contribution in [0.3, 0.4) is 0 Å². The van der Waals surface area contributed by atoms with Crippen molar-refractivity contribution in [2.24, 2.45) is 11.5 Å². The van der Waals surface area contributed by atoms with Gasteiger partial charge in [0.25, 0.3) is 0 Å². The smallest absolute Gasteiger partial charge is 0.305 e. The molecule has 2 aliphatic heterocycles. The van der Waals surface area contributed by atoms with Gasteiger partial charge in [0.15, 0.2) is 0 Å². The van der Waals surface area contributed by atoms with Crippen molar-refractivity contribution in [1.82, 2.24) is 67.4 Å². The molecule has 0 radical (unpaired) electrons. The first kappa shape index (κ1) is 73.9. The average molecular weight is 1420 g/mol. The lowest BCUT2D eigenvalue weighted by Gasteiger charge is -2.37. The monoisotopic (exact) mass is 1420 g/mol. The number of carbonyl (C=O) groups excluding carboxylic acids is 10. The van der Waals surface area contributed by atoms with Gasteiger partial charge in [0.05, 0.1) is 19.3 Å². The number of phenolic OH excluding ortho intramolecular Hbond substituents is 1. The minimum atomic E-state index is -2.05. The molecule has 100 heavy (non-hydrogen) atoms. The normalized spacial score (nSPS) is 22.8. The summed E-state index contributed by atoms with van der Waals surface area (Å²) in [6, 6.07) is 9.90. The number of primary amides is 1. The molecule has 32 heteroatoms. The first-order chi connectivity index (χ1) is 47.9. The summed E-state index contributed by atoms with van der Waals surface area (Å²) in [5, 5.41) is 42.0. The molecule has 0 saturated carbocycles. The van der Waals surface area contributed by atoms with Crippen molar-refractivity contribution in [3.63, 3.8) is 0 Å².